The normalized spacial score (nSPS) is 23.5. The Labute approximate surface area is 143 Å². The van der Waals surface area contributed by atoms with Gasteiger partial charge in [0.15, 0.2) is 0 Å². The fourth-order valence-electron chi connectivity index (χ4n) is 2.13. The van der Waals surface area contributed by atoms with Crippen molar-refractivity contribution in [3.8, 4) is 0 Å². The molecule has 0 aliphatic carbocycles. The largest absolute Gasteiger partial charge is 0.371 e. The molecule has 1 amide bonds. The zero-order chi connectivity index (χ0) is 14.0. The second-order valence-electron chi connectivity index (χ2n) is 4.56. The predicted octanol–water partition coefficient (Wildman–Crippen LogP) is 3.68. The molecule has 0 aromatic heterocycles. The predicted molar refractivity (Wildman–Crippen MR) is 90.9 cm³/mol. The van der Waals surface area contributed by atoms with Crippen LogP contribution in [0.2, 0.25) is 0 Å². The number of hydrogen-bond donors (Lipinski definition) is 0. The Morgan fingerprint density at radius 1 is 1.53 bits per heavy atom. The zero-order valence-corrected chi connectivity index (χ0v) is 15.7. The number of carbonyl (C=O) groups is 1. The third-order valence-corrected chi connectivity index (χ3v) is 5.03. The lowest BCUT2D eigenvalue weighted by atomic mass is 10.1. The maximum atomic E-state index is 12.6. The number of alkyl halides is 1. The van der Waals surface area contributed by atoms with Gasteiger partial charge in [0.1, 0.15) is 0 Å². The molecule has 19 heavy (non-hydrogen) atoms. The van der Waals surface area contributed by atoms with Gasteiger partial charge in [0.25, 0.3) is 5.91 Å². The van der Waals surface area contributed by atoms with E-state index >= 15 is 0 Å². The van der Waals surface area contributed by atoms with Crippen molar-refractivity contribution < 1.29 is 9.53 Å². The fraction of sp³-hybridized carbons (Fsp3) is 0.462. The molecule has 0 spiro atoms. The molecule has 0 N–H and O–H groups in total. The van der Waals surface area contributed by atoms with Gasteiger partial charge in [-0.1, -0.05) is 15.9 Å². The molecule has 3 nitrogen and oxygen atoms in total. The van der Waals surface area contributed by atoms with Crippen molar-refractivity contribution in [1.29, 1.82) is 0 Å². The zero-order valence-electron chi connectivity index (χ0n) is 10.4. The molecule has 1 fully saturated rings. The van der Waals surface area contributed by atoms with Gasteiger partial charge in [0.05, 0.1) is 17.8 Å². The summed E-state index contributed by atoms with van der Waals surface area (Å²) < 4.78 is 7.65. The molecular formula is C13H14Br2INO2. The first kappa shape index (κ1) is 15.7. The van der Waals surface area contributed by atoms with Crippen LogP contribution in [0.4, 0.5) is 0 Å². The summed E-state index contributed by atoms with van der Waals surface area (Å²) in [5.74, 6) is 0.0616. The van der Waals surface area contributed by atoms with Crippen LogP contribution in [0.25, 0.3) is 0 Å². The summed E-state index contributed by atoms with van der Waals surface area (Å²) in [6.45, 7) is 3.27. The summed E-state index contributed by atoms with van der Waals surface area (Å²) in [5, 5.41) is 0.745. The van der Waals surface area contributed by atoms with Crippen molar-refractivity contribution in [2.75, 3.05) is 18.4 Å². The van der Waals surface area contributed by atoms with E-state index in [0.717, 1.165) is 13.4 Å². The summed E-state index contributed by atoms with van der Waals surface area (Å²) in [6, 6.07) is 5.81. The number of amides is 1. The lowest BCUT2D eigenvalue weighted by molar-refractivity contribution is -0.0559. The monoisotopic (exact) mass is 501 g/mol. The van der Waals surface area contributed by atoms with Gasteiger partial charge in [-0.25, -0.2) is 0 Å². The molecule has 1 aliphatic heterocycles. The lowest BCUT2D eigenvalue weighted by Crippen LogP contribution is -2.49. The first-order chi connectivity index (χ1) is 9.01. The molecular weight excluding hydrogens is 489 g/mol. The van der Waals surface area contributed by atoms with Crippen LogP contribution < -0.4 is 0 Å². The minimum absolute atomic E-state index is 0.0616. The first-order valence-corrected chi connectivity index (χ1v) is 8.96. The Kier molecular flexibility index (Phi) is 5.68. The Morgan fingerprint density at radius 2 is 2.26 bits per heavy atom. The highest BCUT2D eigenvalue weighted by atomic mass is 127. The van der Waals surface area contributed by atoms with Crippen LogP contribution in [0.15, 0.2) is 22.7 Å². The van der Waals surface area contributed by atoms with Crippen molar-refractivity contribution in [3.05, 3.63) is 31.8 Å². The van der Waals surface area contributed by atoms with E-state index in [9.17, 15) is 4.79 Å². The highest BCUT2D eigenvalue weighted by Gasteiger charge is 2.29. The van der Waals surface area contributed by atoms with E-state index in [2.05, 4.69) is 54.5 Å². The van der Waals surface area contributed by atoms with E-state index in [1.807, 2.05) is 30.0 Å². The van der Waals surface area contributed by atoms with E-state index in [-0.39, 0.29) is 18.1 Å². The van der Waals surface area contributed by atoms with E-state index in [1.165, 1.54) is 0 Å². The van der Waals surface area contributed by atoms with Gasteiger partial charge >= 0.3 is 0 Å². The minimum Gasteiger partial charge on any atom is -0.371 e. The molecule has 2 rings (SSSR count). The first-order valence-electron chi connectivity index (χ1n) is 5.97. The molecule has 104 valence electrons. The molecule has 1 saturated heterocycles. The maximum Gasteiger partial charge on any atom is 0.255 e. The number of carbonyl (C=O) groups excluding carboxylic acids is 1. The van der Waals surface area contributed by atoms with Gasteiger partial charge < -0.3 is 9.64 Å². The number of ether oxygens (including phenoxy) is 1. The standard InChI is InChI=1S/C13H14Br2INO2/c1-8-6-17(7-10(5-14)19-8)13(18)11-4-9(16)2-3-12(11)15/h2-4,8,10H,5-7H2,1H3. The van der Waals surface area contributed by atoms with Crippen molar-refractivity contribution in [1.82, 2.24) is 4.90 Å². The van der Waals surface area contributed by atoms with Crippen molar-refractivity contribution in [3.63, 3.8) is 0 Å². The van der Waals surface area contributed by atoms with Crippen molar-refractivity contribution >= 4 is 60.4 Å². The molecule has 2 atom stereocenters. The molecule has 1 aliphatic rings. The van der Waals surface area contributed by atoms with Crippen LogP contribution in [-0.2, 0) is 4.74 Å². The van der Waals surface area contributed by atoms with Crippen LogP contribution in [0.1, 0.15) is 17.3 Å². The number of morpholine rings is 1. The molecule has 6 heteroatoms. The van der Waals surface area contributed by atoms with Gasteiger partial charge in [0.2, 0.25) is 0 Å². The van der Waals surface area contributed by atoms with Gasteiger partial charge in [-0.05, 0) is 63.6 Å². The van der Waals surface area contributed by atoms with Crippen LogP contribution in [-0.4, -0.2) is 41.4 Å². The summed E-state index contributed by atoms with van der Waals surface area (Å²) in [6.07, 6.45) is 0.135. The molecule has 0 bridgehead atoms. The Balaban J connectivity index is 2.21. The molecule has 1 heterocycles. The minimum atomic E-state index is 0.0616. The SMILES string of the molecule is CC1CN(C(=O)c2cc(I)ccc2Br)CC(CBr)O1. The Hall–Kier alpha value is 0.340. The van der Waals surface area contributed by atoms with Gasteiger partial charge in [-0.2, -0.15) is 0 Å². The summed E-state index contributed by atoms with van der Waals surface area (Å²) in [5.41, 5.74) is 0.717. The smallest absolute Gasteiger partial charge is 0.255 e. The number of rotatable bonds is 2. The second kappa shape index (κ2) is 6.87. The molecule has 0 saturated carbocycles. The van der Waals surface area contributed by atoms with Crippen LogP contribution in [0, 0.1) is 3.57 Å². The van der Waals surface area contributed by atoms with Crippen LogP contribution in [0.3, 0.4) is 0 Å². The van der Waals surface area contributed by atoms with E-state index < -0.39 is 0 Å². The highest BCUT2D eigenvalue weighted by Crippen LogP contribution is 2.23. The van der Waals surface area contributed by atoms with E-state index in [1.54, 1.807) is 0 Å². The number of halogens is 3. The Bertz CT molecular complexity index is 484. The number of nitrogens with zero attached hydrogens (tertiary/aromatic N) is 1. The summed E-state index contributed by atoms with van der Waals surface area (Å²) in [7, 11) is 0. The van der Waals surface area contributed by atoms with Crippen molar-refractivity contribution in [2.45, 2.75) is 19.1 Å². The molecule has 0 radical (unpaired) electrons. The number of hydrogen-bond acceptors (Lipinski definition) is 2. The van der Waals surface area contributed by atoms with E-state index in [0.29, 0.717) is 18.7 Å². The molecule has 1 aromatic rings. The average molecular weight is 503 g/mol. The quantitative estimate of drug-likeness (QED) is 0.456. The van der Waals surface area contributed by atoms with Gasteiger partial charge in [-0.3, -0.25) is 4.79 Å². The maximum absolute atomic E-state index is 12.6. The van der Waals surface area contributed by atoms with E-state index in [4.69, 9.17) is 4.74 Å². The summed E-state index contributed by atoms with van der Waals surface area (Å²) >= 11 is 9.10. The summed E-state index contributed by atoms with van der Waals surface area (Å²) in [4.78, 5) is 14.5. The lowest BCUT2D eigenvalue weighted by Gasteiger charge is -2.36. The Morgan fingerprint density at radius 3 is 2.95 bits per heavy atom. The number of benzene rings is 1. The highest BCUT2D eigenvalue weighted by molar-refractivity contribution is 14.1. The molecule has 2 unspecified atom stereocenters. The van der Waals surface area contributed by atoms with Gasteiger partial charge in [-0.15, -0.1) is 0 Å². The van der Waals surface area contributed by atoms with Crippen LogP contribution in [0.5, 0.6) is 0 Å². The average Bonchev–Trinajstić information content (AvgIpc) is 2.40. The topological polar surface area (TPSA) is 29.5 Å². The third kappa shape index (κ3) is 3.92. The second-order valence-corrected chi connectivity index (χ2v) is 7.30. The van der Waals surface area contributed by atoms with Gasteiger partial charge in [0, 0.05) is 26.5 Å². The third-order valence-electron chi connectivity index (χ3n) is 2.94. The fourth-order valence-corrected chi connectivity index (χ4v) is 3.39. The van der Waals surface area contributed by atoms with Crippen molar-refractivity contribution in [2.24, 2.45) is 0 Å². The molecule has 1 aromatic carbocycles. The van der Waals surface area contributed by atoms with Crippen LogP contribution >= 0.6 is 54.5 Å².